The number of ether oxygens (including phenoxy) is 1. The van der Waals surface area contributed by atoms with E-state index in [1.807, 2.05) is 31.5 Å². The van der Waals surface area contributed by atoms with Gasteiger partial charge in [0.25, 0.3) is 0 Å². The number of piperidine rings is 1. The number of halogens is 1. The second-order valence-corrected chi connectivity index (χ2v) is 9.46. The number of hydrogen-bond acceptors (Lipinski definition) is 6. The summed E-state index contributed by atoms with van der Waals surface area (Å²) in [6.45, 7) is 8.08. The first-order valence-corrected chi connectivity index (χ1v) is 10.3. The Bertz CT molecular complexity index is 852. The van der Waals surface area contributed by atoms with Crippen LogP contribution >= 0.6 is 15.9 Å². The maximum Gasteiger partial charge on any atom is 0.408 e. The molecule has 0 saturated carbocycles. The molecule has 0 bridgehead atoms. The first-order valence-electron chi connectivity index (χ1n) is 9.50. The topological polar surface area (TPSA) is 85.2 Å². The summed E-state index contributed by atoms with van der Waals surface area (Å²) in [6.07, 6.45) is 6.77. The van der Waals surface area contributed by atoms with E-state index < -0.39 is 5.60 Å². The third-order valence-electron chi connectivity index (χ3n) is 5.43. The lowest BCUT2D eigenvalue weighted by atomic mass is 9.73. The molecule has 4 heterocycles. The molecule has 1 saturated heterocycles. The third-order valence-corrected chi connectivity index (χ3v) is 5.84. The molecule has 1 amide bonds. The fourth-order valence-electron chi connectivity index (χ4n) is 4.14. The number of nitrogens with one attached hydrogen (secondary N) is 1. The molecule has 0 radical (unpaired) electrons. The maximum absolute atomic E-state index is 12.5. The van der Waals surface area contributed by atoms with E-state index >= 15 is 0 Å². The highest BCUT2D eigenvalue weighted by Crippen LogP contribution is 2.49. The molecule has 0 unspecified atom stereocenters. The number of carbonyl (C=O) groups is 1. The quantitative estimate of drug-likeness (QED) is 0.758. The molecule has 2 aromatic rings. The minimum atomic E-state index is -0.529. The molecule has 1 fully saturated rings. The number of alkyl carbamates (subject to hydrolysis) is 1. The van der Waals surface area contributed by atoms with Gasteiger partial charge in [0.2, 0.25) is 5.95 Å². The second kappa shape index (κ2) is 7.02. The first-order chi connectivity index (χ1) is 13.3. The molecule has 0 aliphatic carbocycles. The third kappa shape index (κ3) is 3.72. The summed E-state index contributed by atoms with van der Waals surface area (Å²) in [5, 5.41) is 7.57. The normalized spacial score (nSPS) is 20.9. The molecule has 8 nitrogen and oxygen atoms in total. The second-order valence-electron chi connectivity index (χ2n) is 8.54. The van der Waals surface area contributed by atoms with Gasteiger partial charge in [0, 0.05) is 43.6 Å². The molecule has 150 valence electrons. The number of fused-ring (bicyclic) bond motifs is 1. The zero-order valence-electron chi connectivity index (χ0n) is 16.4. The van der Waals surface area contributed by atoms with Gasteiger partial charge in [-0.05, 0) is 55.6 Å². The highest BCUT2D eigenvalue weighted by molar-refractivity contribution is 9.10. The molecule has 0 aromatic carbocycles. The number of rotatable bonds is 2. The van der Waals surface area contributed by atoms with E-state index in [1.54, 1.807) is 18.6 Å². The van der Waals surface area contributed by atoms with Crippen LogP contribution in [-0.4, -0.2) is 44.5 Å². The minimum Gasteiger partial charge on any atom is -0.444 e. The van der Waals surface area contributed by atoms with Crippen LogP contribution in [0.1, 0.15) is 45.3 Å². The predicted molar refractivity (Wildman–Crippen MR) is 108 cm³/mol. The summed E-state index contributed by atoms with van der Waals surface area (Å²) in [6, 6.07) is 1.87. The molecule has 2 aliphatic rings. The molecule has 1 N–H and O–H groups in total. The van der Waals surface area contributed by atoms with Gasteiger partial charge in [-0.25, -0.2) is 14.8 Å². The average Bonchev–Trinajstić information content (AvgIpc) is 3.16. The van der Waals surface area contributed by atoms with Crippen molar-refractivity contribution in [3.8, 4) is 0 Å². The van der Waals surface area contributed by atoms with Gasteiger partial charge in [0.05, 0.1) is 16.2 Å². The van der Waals surface area contributed by atoms with Crippen molar-refractivity contribution in [3.63, 3.8) is 0 Å². The smallest absolute Gasteiger partial charge is 0.408 e. The molecular formula is C19H25BrN6O2. The van der Waals surface area contributed by atoms with E-state index in [0.717, 1.165) is 48.6 Å². The Morgan fingerprint density at radius 1 is 1.29 bits per heavy atom. The lowest BCUT2D eigenvalue weighted by Crippen LogP contribution is -2.48. The van der Waals surface area contributed by atoms with Crippen molar-refractivity contribution < 1.29 is 9.53 Å². The van der Waals surface area contributed by atoms with E-state index in [2.05, 4.69) is 41.2 Å². The van der Waals surface area contributed by atoms with Crippen molar-refractivity contribution in [1.29, 1.82) is 0 Å². The Labute approximate surface area is 172 Å². The number of nitrogens with zero attached hydrogens (tertiary/aromatic N) is 5. The van der Waals surface area contributed by atoms with Crippen molar-refractivity contribution in [2.24, 2.45) is 5.41 Å². The summed E-state index contributed by atoms with van der Waals surface area (Å²) in [7, 11) is 0. The van der Waals surface area contributed by atoms with E-state index in [1.165, 1.54) is 0 Å². The van der Waals surface area contributed by atoms with E-state index in [4.69, 9.17) is 4.74 Å². The maximum atomic E-state index is 12.5. The van der Waals surface area contributed by atoms with E-state index in [-0.39, 0.29) is 17.6 Å². The zero-order chi connectivity index (χ0) is 19.9. The molecule has 1 atom stereocenters. The van der Waals surface area contributed by atoms with Crippen LogP contribution in [0.15, 0.2) is 29.1 Å². The van der Waals surface area contributed by atoms with Gasteiger partial charge in [-0.1, -0.05) is 0 Å². The average molecular weight is 449 g/mol. The standard InChI is InChI=1S/C19H25BrN6O2/c1-18(2,3)28-17(27)24-15-14-4-7-23-26(14)12-19(15)5-8-25(9-6-19)16-21-10-13(20)11-22-16/h4,7,10-11,15H,5-6,8-9,12H2,1-3H3,(H,24,27)/t15-/m1/s1. The first kappa shape index (κ1) is 19.2. The molecule has 2 aromatic heterocycles. The van der Waals surface area contributed by atoms with Crippen LogP contribution in [0.5, 0.6) is 0 Å². The molecule has 9 heteroatoms. The Balaban J connectivity index is 1.50. The van der Waals surface area contributed by atoms with Crippen LogP contribution in [0.2, 0.25) is 0 Å². The summed E-state index contributed by atoms with van der Waals surface area (Å²) < 4.78 is 8.39. The van der Waals surface area contributed by atoms with Crippen LogP contribution in [-0.2, 0) is 11.3 Å². The Morgan fingerprint density at radius 2 is 1.96 bits per heavy atom. The van der Waals surface area contributed by atoms with Crippen molar-refractivity contribution in [3.05, 3.63) is 34.8 Å². The molecular weight excluding hydrogens is 424 g/mol. The van der Waals surface area contributed by atoms with Crippen LogP contribution in [0.3, 0.4) is 0 Å². The van der Waals surface area contributed by atoms with Gasteiger partial charge in [-0.15, -0.1) is 0 Å². The lowest BCUT2D eigenvalue weighted by molar-refractivity contribution is 0.0423. The Morgan fingerprint density at radius 3 is 2.61 bits per heavy atom. The van der Waals surface area contributed by atoms with E-state index in [0.29, 0.717) is 0 Å². The molecule has 28 heavy (non-hydrogen) atoms. The van der Waals surface area contributed by atoms with Crippen LogP contribution in [0.4, 0.5) is 10.7 Å². The van der Waals surface area contributed by atoms with Gasteiger partial charge in [-0.3, -0.25) is 4.68 Å². The minimum absolute atomic E-state index is 0.0770. The summed E-state index contributed by atoms with van der Waals surface area (Å²) in [5.41, 5.74) is 0.435. The summed E-state index contributed by atoms with van der Waals surface area (Å²) in [4.78, 5) is 23.5. The number of amides is 1. The number of anilines is 1. The molecule has 2 aliphatic heterocycles. The van der Waals surface area contributed by atoms with Crippen molar-refractivity contribution in [2.45, 2.75) is 51.8 Å². The van der Waals surface area contributed by atoms with Gasteiger partial charge in [0.1, 0.15) is 5.60 Å². The zero-order valence-corrected chi connectivity index (χ0v) is 17.9. The molecule has 4 rings (SSSR count). The van der Waals surface area contributed by atoms with Crippen LogP contribution in [0.25, 0.3) is 0 Å². The van der Waals surface area contributed by atoms with Crippen LogP contribution in [0, 0.1) is 5.41 Å². The number of carbonyl (C=O) groups excluding carboxylic acids is 1. The monoisotopic (exact) mass is 448 g/mol. The number of hydrogen-bond donors (Lipinski definition) is 1. The summed E-state index contributed by atoms with van der Waals surface area (Å²) >= 11 is 3.38. The van der Waals surface area contributed by atoms with Crippen molar-refractivity contribution in [1.82, 2.24) is 25.1 Å². The summed E-state index contributed by atoms with van der Waals surface area (Å²) in [5.74, 6) is 0.741. The lowest BCUT2D eigenvalue weighted by Gasteiger charge is -2.42. The van der Waals surface area contributed by atoms with E-state index in [9.17, 15) is 4.79 Å². The van der Waals surface area contributed by atoms with Crippen LogP contribution < -0.4 is 10.2 Å². The fraction of sp³-hybridized carbons (Fsp3) is 0.579. The highest BCUT2D eigenvalue weighted by Gasteiger charge is 2.50. The molecule has 1 spiro atoms. The van der Waals surface area contributed by atoms with Crippen molar-refractivity contribution >= 4 is 28.0 Å². The fourth-order valence-corrected chi connectivity index (χ4v) is 4.35. The van der Waals surface area contributed by atoms with Gasteiger partial charge >= 0.3 is 6.09 Å². The Kier molecular flexibility index (Phi) is 4.81. The number of aromatic nitrogens is 4. The highest BCUT2D eigenvalue weighted by atomic mass is 79.9. The Hall–Kier alpha value is -2.16. The predicted octanol–water partition coefficient (Wildman–Crippen LogP) is 3.30. The SMILES string of the molecule is CC(C)(C)OC(=O)N[C@@H]1c2ccnn2CC12CCN(c1ncc(Br)cn1)CC2. The van der Waals surface area contributed by atoms with Gasteiger partial charge < -0.3 is 15.0 Å². The van der Waals surface area contributed by atoms with Gasteiger partial charge in [0.15, 0.2) is 0 Å². The van der Waals surface area contributed by atoms with Gasteiger partial charge in [-0.2, -0.15) is 5.10 Å². The van der Waals surface area contributed by atoms with Crippen molar-refractivity contribution in [2.75, 3.05) is 18.0 Å². The largest absolute Gasteiger partial charge is 0.444 e.